The zero-order valence-corrected chi connectivity index (χ0v) is 15.9. The summed E-state index contributed by atoms with van der Waals surface area (Å²) in [6.45, 7) is 0. The largest absolute Gasteiger partial charge is 0.311 e. The van der Waals surface area contributed by atoms with Gasteiger partial charge in [0.15, 0.2) is 0 Å². The van der Waals surface area contributed by atoms with Gasteiger partial charge >= 0.3 is 0 Å². The molecule has 0 aliphatic rings. The molecule has 0 saturated heterocycles. The van der Waals surface area contributed by atoms with Gasteiger partial charge in [0.1, 0.15) is 0 Å². The summed E-state index contributed by atoms with van der Waals surface area (Å²) in [6.07, 6.45) is 1.62. The molecule has 0 N–H and O–H groups in total. The van der Waals surface area contributed by atoms with Gasteiger partial charge in [-0.1, -0.05) is 48.0 Å². The molecule has 0 unspecified atom stereocenters. The van der Waals surface area contributed by atoms with Crippen LogP contribution >= 0.6 is 11.6 Å². The number of rotatable bonds is 3. The zero-order chi connectivity index (χ0) is 19.7. The van der Waals surface area contributed by atoms with Crippen LogP contribution in [0.1, 0.15) is 10.4 Å². The average Bonchev–Trinajstić information content (AvgIpc) is 2.74. The Hall–Kier alpha value is -3.37. The Morgan fingerprint density at radius 3 is 2.14 bits per heavy atom. The van der Waals surface area contributed by atoms with Gasteiger partial charge in [0.25, 0.3) is 11.5 Å². The maximum absolute atomic E-state index is 13.3. The molecule has 1 amide bonds. The number of fused-ring (bicyclic) bond motifs is 1. The molecule has 0 atom stereocenters. The molecular weight excluding hydrogens is 372 g/mol. The molecule has 3 aromatic carbocycles. The Kier molecular flexibility index (Phi) is 4.72. The average molecular weight is 389 g/mol. The highest BCUT2D eigenvalue weighted by molar-refractivity contribution is 6.30. The first kappa shape index (κ1) is 18.0. The van der Waals surface area contributed by atoms with Crippen LogP contribution in [0.2, 0.25) is 5.02 Å². The summed E-state index contributed by atoms with van der Waals surface area (Å²) >= 11 is 5.96. The minimum atomic E-state index is -0.205. The summed E-state index contributed by atoms with van der Waals surface area (Å²) in [7, 11) is 1.71. The summed E-state index contributed by atoms with van der Waals surface area (Å²) in [4.78, 5) is 27.9. The molecular formula is C23H17ClN2O2. The lowest BCUT2D eigenvalue weighted by Gasteiger charge is -2.19. The van der Waals surface area contributed by atoms with Crippen molar-refractivity contribution in [1.29, 1.82) is 0 Å². The number of pyridine rings is 1. The standard InChI is InChI=1S/C23H17ClN2O2/c1-25(17-13-11-16(24)12-14-17)22(27)21-15-26(18-7-3-2-4-8-18)23(28)20-10-6-5-9-19(20)21/h2-15H,1H3. The molecule has 4 rings (SSSR count). The van der Waals surface area contributed by atoms with E-state index in [1.54, 1.807) is 60.6 Å². The van der Waals surface area contributed by atoms with Crippen molar-refractivity contribution < 1.29 is 4.79 Å². The quantitative estimate of drug-likeness (QED) is 0.500. The third kappa shape index (κ3) is 3.19. The number of nitrogens with zero attached hydrogens (tertiary/aromatic N) is 2. The van der Waals surface area contributed by atoms with Gasteiger partial charge in [0.05, 0.1) is 5.56 Å². The van der Waals surface area contributed by atoms with Crippen LogP contribution in [-0.4, -0.2) is 17.5 Å². The molecule has 0 spiro atoms. The Labute approximate surface area is 167 Å². The Bertz CT molecular complexity index is 1220. The molecule has 4 aromatic rings. The second kappa shape index (κ2) is 7.33. The van der Waals surface area contributed by atoms with Crippen molar-refractivity contribution >= 4 is 34.0 Å². The number of aromatic nitrogens is 1. The van der Waals surface area contributed by atoms with Crippen LogP contribution in [0.4, 0.5) is 5.69 Å². The number of carbonyl (C=O) groups is 1. The molecule has 5 heteroatoms. The van der Waals surface area contributed by atoms with E-state index in [0.29, 0.717) is 27.0 Å². The lowest BCUT2D eigenvalue weighted by molar-refractivity contribution is 0.0994. The number of carbonyl (C=O) groups excluding carboxylic acids is 1. The Morgan fingerprint density at radius 2 is 1.46 bits per heavy atom. The smallest absolute Gasteiger partial charge is 0.262 e. The van der Waals surface area contributed by atoms with E-state index < -0.39 is 0 Å². The van der Waals surface area contributed by atoms with E-state index in [4.69, 9.17) is 11.6 Å². The molecule has 0 aliphatic carbocycles. The number of para-hydroxylation sites is 1. The Balaban J connectivity index is 1.91. The van der Waals surface area contributed by atoms with Gasteiger partial charge in [-0.15, -0.1) is 0 Å². The molecule has 28 heavy (non-hydrogen) atoms. The number of amides is 1. The number of benzene rings is 3. The predicted octanol–water partition coefficient (Wildman–Crippen LogP) is 4.92. The minimum Gasteiger partial charge on any atom is -0.311 e. The summed E-state index contributed by atoms with van der Waals surface area (Å²) in [5, 5.41) is 1.74. The first-order chi connectivity index (χ1) is 13.6. The van der Waals surface area contributed by atoms with Crippen molar-refractivity contribution in [3.63, 3.8) is 0 Å². The first-order valence-corrected chi connectivity index (χ1v) is 9.17. The maximum atomic E-state index is 13.3. The number of hydrogen-bond donors (Lipinski definition) is 0. The highest BCUT2D eigenvalue weighted by Crippen LogP contribution is 2.23. The number of hydrogen-bond acceptors (Lipinski definition) is 2. The fourth-order valence-electron chi connectivity index (χ4n) is 3.20. The first-order valence-electron chi connectivity index (χ1n) is 8.80. The van der Waals surface area contributed by atoms with Crippen LogP contribution in [0.5, 0.6) is 0 Å². The van der Waals surface area contributed by atoms with Gasteiger partial charge < -0.3 is 4.90 Å². The molecule has 1 aromatic heterocycles. The fraction of sp³-hybridized carbons (Fsp3) is 0.0435. The molecule has 0 aliphatic heterocycles. The van der Waals surface area contributed by atoms with Crippen LogP contribution < -0.4 is 10.5 Å². The topological polar surface area (TPSA) is 42.3 Å². The number of anilines is 1. The van der Waals surface area contributed by atoms with E-state index in [1.807, 2.05) is 36.4 Å². The third-order valence-electron chi connectivity index (χ3n) is 4.71. The summed E-state index contributed by atoms with van der Waals surface area (Å²) < 4.78 is 1.52. The maximum Gasteiger partial charge on any atom is 0.262 e. The summed E-state index contributed by atoms with van der Waals surface area (Å²) in [6, 6.07) is 23.5. The van der Waals surface area contributed by atoms with E-state index in [0.717, 1.165) is 5.69 Å². The summed E-state index contributed by atoms with van der Waals surface area (Å²) in [5.74, 6) is -0.205. The van der Waals surface area contributed by atoms with Gasteiger partial charge in [0, 0.05) is 40.4 Å². The van der Waals surface area contributed by atoms with Crippen molar-refractivity contribution in [1.82, 2.24) is 4.57 Å². The van der Waals surface area contributed by atoms with Gasteiger partial charge in [-0.2, -0.15) is 0 Å². The fourth-order valence-corrected chi connectivity index (χ4v) is 3.33. The van der Waals surface area contributed by atoms with Crippen LogP contribution in [0.3, 0.4) is 0 Å². The lowest BCUT2D eigenvalue weighted by Crippen LogP contribution is -2.29. The van der Waals surface area contributed by atoms with Gasteiger partial charge in [-0.25, -0.2) is 0 Å². The SMILES string of the molecule is CN(C(=O)c1cn(-c2ccccc2)c(=O)c2ccccc12)c1ccc(Cl)cc1. The van der Waals surface area contributed by atoms with Gasteiger partial charge in [0.2, 0.25) is 0 Å². The van der Waals surface area contributed by atoms with E-state index >= 15 is 0 Å². The Morgan fingerprint density at radius 1 is 0.857 bits per heavy atom. The zero-order valence-electron chi connectivity index (χ0n) is 15.2. The van der Waals surface area contributed by atoms with Gasteiger partial charge in [-0.05, 0) is 42.5 Å². The lowest BCUT2D eigenvalue weighted by atomic mass is 10.1. The highest BCUT2D eigenvalue weighted by Gasteiger charge is 2.19. The van der Waals surface area contributed by atoms with Crippen LogP contribution in [0, 0.1) is 0 Å². The van der Waals surface area contributed by atoms with Crippen molar-refractivity contribution in [3.05, 3.63) is 106 Å². The second-order valence-corrected chi connectivity index (χ2v) is 6.88. The molecule has 0 radical (unpaired) electrons. The molecule has 1 heterocycles. The predicted molar refractivity (Wildman–Crippen MR) is 114 cm³/mol. The second-order valence-electron chi connectivity index (χ2n) is 6.44. The van der Waals surface area contributed by atoms with E-state index in [-0.39, 0.29) is 11.5 Å². The van der Waals surface area contributed by atoms with Crippen LogP contribution in [-0.2, 0) is 0 Å². The van der Waals surface area contributed by atoms with E-state index in [9.17, 15) is 9.59 Å². The highest BCUT2D eigenvalue weighted by atomic mass is 35.5. The van der Waals surface area contributed by atoms with Crippen molar-refractivity contribution in [2.45, 2.75) is 0 Å². The van der Waals surface area contributed by atoms with Crippen molar-refractivity contribution in [3.8, 4) is 5.69 Å². The van der Waals surface area contributed by atoms with Crippen LogP contribution in [0.25, 0.3) is 16.5 Å². The molecule has 138 valence electrons. The minimum absolute atomic E-state index is 0.160. The van der Waals surface area contributed by atoms with Crippen LogP contribution in [0.15, 0.2) is 89.9 Å². The number of halogens is 1. The van der Waals surface area contributed by atoms with Crippen molar-refractivity contribution in [2.24, 2.45) is 0 Å². The monoisotopic (exact) mass is 388 g/mol. The third-order valence-corrected chi connectivity index (χ3v) is 4.96. The molecule has 4 nitrogen and oxygen atoms in total. The van der Waals surface area contributed by atoms with E-state index in [1.165, 1.54) is 4.57 Å². The van der Waals surface area contributed by atoms with Crippen molar-refractivity contribution in [2.75, 3.05) is 11.9 Å². The van der Waals surface area contributed by atoms with E-state index in [2.05, 4.69) is 0 Å². The molecule has 0 fully saturated rings. The van der Waals surface area contributed by atoms with Gasteiger partial charge in [-0.3, -0.25) is 14.2 Å². The molecule has 0 saturated carbocycles. The summed E-state index contributed by atoms with van der Waals surface area (Å²) in [5.41, 5.74) is 1.72. The molecule has 0 bridgehead atoms. The normalized spacial score (nSPS) is 10.8.